The molecule has 0 unspecified atom stereocenters. The second-order valence-electron chi connectivity index (χ2n) is 7.17. The van der Waals surface area contributed by atoms with Crippen molar-refractivity contribution < 1.29 is 0 Å². The normalized spacial score (nSPS) is 12.4. The molecule has 0 aliphatic carbocycles. The van der Waals surface area contributed by atoms with E-state index in [2.05, 4.69) is 54.0 Å². The van der Waals surface area contributed by atoms with Crippen molar-refractivity contribution >= 4 is 45.8 Å². The van der Waals surface area contributed by atoms with Gasteiger partial charge in [0.2, 0.25) is 0 Å². The third-order valence-corrected chi connectivity index (χ3v) is 3.70. The van der Waals surface area contributed by atoms with Gasteiger partial charge in [-0.3, -0.25) is 0 Å². The Morgan fingerprint density at radius 1 is 1.14 bits per heavy atom. The van der Waals surface area contributed by atoms with E-state index in [0.717, 1.165) is 23.1 Å². The molecule has 2 N–H and O–H groups in total. The average molecular weight is 323 g/mol. The predicted molar refractivity (Wildman–Crippen MR) is 94.9 cm³/mol. The molecule has 0 fully saturated rings. The fraction of sp³-hybridized carbons (Fsp3) is 0.533. The second kappa shape index (κ2) is 5.85. The van der Waals surface area contributed by atoms with Crippen LogP contribution in [0.4, 0.5) is 5.69 Å². The lowest BCUT2D eigenvalue weighted by atomic mass is 9.82. The minimum atomic E-state index is -0.0609. The lowest BCUT2D eigenvalue weighted by molar-refractivity contribution is 0.268. The van der Waals surface area contributed by atoms with Gasteiger partial charge in [0.25, 0.3) is 0 Å². The fourth-order valence-corrected chi connectivity index (χ4v) is 3.61. The zero-order valence-electron chi connectivity index (χ0n) is 13.2. The van der Waals surface area contributed by atoms with E-state index in [4.69, 9.17) is 12.2 Å². The van der Waals surface area contributed by atoms with Gasteiger partial charge in [0.05, 0.1) is 11.7 Å². The second-order valence-corrected chi connectivity index (χ2v) is 8.10. The molecular formula is C15H22N4S2. The summed E-state index contributed by atoms with van der Waals surface area (Å²) in [6.07, 6.45) is 1.02. The summed E-state index contributed by atoms with van der Waals surface area (Å²) >= 11 is 6.64. The molecule has 2 rings (SSSR count). The smallest absolute Gasteiger partial charge is 0.171 e. The van der Waals surface area contributed by atoms with Crippen LogP contribution in [-0.2, 0) is 0 Å². The van der Waals surface area contributed by atoms with Crippen molar-refractivity contribution in [3.05, 3.63) is 18.2 Å². The lowest BCUT2D eigenvalue weighted by Crippen LogP contribution is -2.47. The summed E-state index contributed by atoms with van der Waals surface area (Å²) in [6.45, 7) is 11.0. The molecule has 0 aliphatic rings. The van der Waals surface area contributed by atoms with Gasteiger partial charge >= 0.3 is 0 Å². The zero-order chi connectivity index (χ0) is 15.7. The highest BCUT2D eigenvalue weighted by Crippen LogP contribution is 2.27. The molecule has 1 heterocycles. The predicted octanol–water partition coefficient (Wildman–Crippen LogP) is 4.19. The molecule has 0 saturated heterocycles. The van der Waals surface area contributed by atoms with Crippen molar-refractivity contribution in [2.24, 2.45) is 5.41 Å². The largest absolute Gasteiger partial charge is 0.358 e. The third-order valence-electron chi connectivity index (χ3n) is 2.94. The quantitative estimate of drug-likeness (QED) is 0.830. The molecule has 0 bridgehead atoms. The third kappa shape index (κ3) is 4.89. The van der Waals surface area contributed by atoms with Gasteiger partial charge < -0.3 is 10.6 Å². The lowest BCUT2D eigenvalue weighted by Gasteiger charge is -2.34. The van der Waals surface area contributed by atoms with Crippen LogP contribution in [0.3, 0.4) is 0 Å². The molecule has 0 atom stereocenters. The number of benzene rings is 1. The molecule has 1 aromatic heterocycles. The maximum absolute atomic E-state index is 5.42. The Bertz CT molecular complexity index is 640. The van der Waals surface area contributed by atoms with Crippen molar-refractivity contribution in [1.82, 2.24) is 14.1 Å². The van der Waals surface area contributed by atoms with E-state index in [9.17, 15) is 0 Å². The Morgan fingerprint density at radius 3 is 2.48 bits per heavy atom. The monoisotopic (exact) mass is 322 g/mol. The van der Waals surface area contributed by atoms with Crippen molar-refractivity contribution in [1.29, 1.82) is 0 Å². The number of nitrogens with one attached hydrogen (secondary N) is 2. The molecule has 0 radical (unpaired) electrons. The summed E-state index contributed by atoms with van der Waals surface area (Å²) in [6, 6.07) is 5.88. The van der Waals surface area contributed by atoms with E-state index in [0.29, 0.717) is 5.11 Å². The van der Waals surface area contributed by atoms with Gasteiger partial charge in [0.15, 0.2) is 5.11 Å². The minimum Gasteiger partial charge on any atom is -0.358 e. The van der Waals surface area contributed by atoms with Crippen LogP contribution < -0.4 is 10.6 Å². The standard InChI is InChI=1S/C15H22N4S2/c1-14(2,3)9-15(4,5)17-13(20)16-10-6-7-11-12(8-10)19-21-18-11/h6-8H,9H2,1-5H3,(H2,16,17,20). The molecule has 2 aromatic rings. The topological polar surface area (TPSA) is 49.8 Å². The highest BCUT2D eigenvalue weighted by atomic mass is 32.1. The van der Waals surface area contributed by atoms with Crippen LogP contribution in [0, 0.1) is 5.41 Å². The number of fused-ring (bicyclic) bond motifs is 1. The number of nitrogens with zero attached hydrogens (tertiary/aromatic N) is 2. The first-order valence-electron chi connectivity index (χ1n) is 6.96. The number of anilines is 1. The van der Waals surface area contributed by atoms with Crippen molar-refractivity contribution in [2.75, 3.05) is 5.32 Å². The molecule has 1 aromatic carbocycles. The van der Waals surface area contributed by atoms with Crippen molar-refractivity contribution in [3.63, 3.8) is 0 Å². The van der Waals surface area contributed by atoms with Crippen LogP contribution in [0.25, 0.3) is 11.0 Å². The van der Waals surface area contributed by atoms with Crippen LogP contribution >= 0.6 is 23.9 Å². The maximum Gasteiger partial charge on any atom is 0.171 e. The molecule has 21 heavy (non-hydrogen) atoms. The molecular weight excluding hydrogens is 300 g/mol. The summed E-state index contributed by atoms with van der Waals surface area (Å²) in [5, 5.41) is 7.24. The van der Waals surface area contributed by atoms with Crippen LogP contribution in [0.2, 0.25) is 0 Å². The summed E-state index contributed by atoms with van der Waals surface area (Å²) in [4.78, 5) is 0. The van der Waals surface area contributed by atoms with Crippen LogP contribution in [0.5, 0.6) is 0 Å². The number of rotatable bonds is 3. The van der Waals surface area contributed by atoms with Gasteiger partial charge in [-0.05, 0) is 56.1 Å². The van der Waals surface area contributed by atoms with Gasteiger partial charge in [-0.25, -0.2) is 0 Å². The van der Waals surface area contributed by atoms with E-state index in [1.807, 2.05) is 18.2 Å². The van der Waals surface area contributed by atoms with Crippen LogP contribution in [-0.4, -0.2) is 19.4 Å². The zero-order valence-corrected chi connectivity index (χ0v) is 14.8. The van der Waals surface area contributed by atoms with E-state index in [-0.39, 0.29) is 11.0 Å². The average Bonchev–Trinajstić information content (AvgIpc) is 2.71. The summed E-state index contributed by atoms with van der Waals surface area (Å²) in [5.41, 5.74) is 2.92. The molecule has 0 saturated carbocycles. The van der Waals surface area contributed by atoms with Crippen molar-refractivity contribution in [3.8, 4) is 0 Å². The number of thiocarbonyl (C=S) groups is 1. The SMILES string of the molecule is CC(C)(C)CC(C)(C)NC(=S)Nc1ccc2nsnc2c1. The fourth-order valence-electron chi connectivity index (χ4n) is 2.70. The molecule has 0 spiro atoms. The van der Waals surface area contributed by atoms with Crippen LogP contribution in [0.1, 0.15) is 41.0 Å². The Labute approximate surface area is 135 Å². The molecule has 0 aliphatic heterocycles. The van der Waals surface area contributed by atoms with E-state index < -0.39 is 0 Å². The number of hydrogen-bond acceptors (Lipinski definition) is 4. The molecule has 4 nitrogen and oxygen atoms in total. The minimum absolute atomic E-state index is 0.0609. The van der Waals surface area contributed by atoms with Crippen LogP contribution in [0.15, 0.2) is 18.2 Å². The molecule has 6 heteroatoms. The van der Waals surface area contributed by atoms with Gasteiger partial charge in [0.1, 0.15) is 11.0 Å². The first kappa shape index (κ1) is 16.1. The Kier molecular flexibility index (Phi) is 4.49. The Morgan fingerprint density at radius 2 is 1.81 bits per heavy atom. The first-order valence-corrected chi connectivity index (χ1v) is 8.10. The van der Waals surface area contributed by atoms with Gasteiger partial charge in [-0.2, -0.15) is 8.75 Å². The number of aromatic nitrogens is 2. The van der Waals surface area contributed by atoms with Gasteiger partial charge in [-0.15, -0.1) is 0 Å². The maximum atomic E-state index is 5.42. The van der Waals surface area contributed by atoms with E-state index >= 15 is 0 Å². The summed E-state index contributed by atoms with van der Waals surface area (Å²) in [5.74, 6) is 0. The summed E-state index contributed by atoms with van der Waals surface area (Å²) in [7, 11) is 0. The van der Waals surface area contributed by atoms with E-state index in [1.54, 1.807) is 0 Å². The highest BCUT2D eigenvalue weighted by molar-refractivity contribution is 7.80. The van der Waals surface area contributed by atoms with Gasteiger partial charge in [-0.1, -0.05) is 20.8 Å². The molecule has 114 valence electrons. The van der Waals surface area contributed by atoms with Gasteiger partial charge in [0, 0.05) is 11.2 Å². The highest BCUT2D eigenvalue weighted by Gasteiger charge is 2.25. The number of hydrogen-bond donors (Lipinski definition) is 2. The molecule has 0 amide bonds. The first-order chi connectivity index (χ1) is 9.65. The van der Waals surface area contributed by atoms with E-state index in [1.165, 1.54) is 11.7 Å². The Hall–Kier alpha value is -1.27. The summed E-state index contributed by atoms with van der Waals surface area (Å²) < 4.78 is 8.43. The Balaban J connectivity index is 2.00. The van der Waals surface area contributed by atoms with Crippen molar-refractivity contribution in [2.45, 2.75) is 46.6 Å².